The number of amidine groups is 1. The first-order valence-electron chi connectivity index (χ1n) is 3.79. The Bertz CT molecular complexity index is 325. The van der Waals surface area contributed by atoms with Crippen LogP contribution in [0, 0.1) is 5.41 Å². The van der Waals surface area contributed by atoms with E-state index in [4.69, 9.17) is 15.9 Å². The van der Waals surface area contributed by atoms with Gasteiger partial charge in [0.1, 0.15) is 5.75 Å². The average Bonchev–Trinajstić information content (AvgIpc) is 2.07. The van der Waals surface area contributed by atoms with E-state index >= 15 is 0 Å². The fraction of sp³-hybridized carbons (Fsp3) is 0.222. The molecule has 0 atom stereocenters. The predicted molar refractivity (Wildman–Crippen MR) is 56.3 cm³/mol. The van der Waals surface area contributed by atoms with Crippen LogP contribution in [0.25, 0.3) is 0 Å². The Labute approximate surface area is 85.5 Å². The normalized spacial score (nSPS) is 9.69. The van der Waals surface area contributed by atoms with E-state index in [0.717, 1.165) is 15.8 Å². The summed E-state index contributed by atoms with van der Waals surface area (Å²) in [5.41, 5.74) is 6.26. The Morgan fingerprint density at radius 3 is 2.85 bits per heavy atom. The summed E-state index contributed by atoms with van der Waals surface area (Å²) in [6.07, 6.45) is 0.462. The van der Waals surface area contributed by atoms with E-state index in [1.807, 2.05) is 18.2 Å². The lowest BCUT2D eigenvalue weighted by molar-refractivity contribution is 0.412. The number of nitrogens with two attached hydrogens (primary N) is 1. The molecule has 0 aliphatic carbocycles. The second-order valence-corrected chi connectivity index (χ2v) is 3.53. The predicted octanol–water partition coefficient (Wildman–Crippen LogP) is 1.94. The largest absolute Gasteiger partial charge is 0.496 e. The van der Waals surface area contributed by atoms with Gasteiger partial charge in [-0.2, -0.15) is 0 Å². The highest BCUT2D eigenvalue weighted by molar-refractivity contribution is 9.10. The summed E-state index contributed by atoms with van der Waals surface area (Å²) in [5, 5.41) is 7.14. The van der Waals surface area contributed by atoms with Gasteiger partial charge in [0.15, 0.2) is 0 Å². The van der Waals surface area contributed by atoms with Crippen LogP contribution in [-0.2, 0) is 6.42 Å². The summed E-state index contributed by atoms with van der Waals surface area (Å²) in [6, 6.07) is 5.66. The van der Waals surface area contributed by atoms with Crippen LogP contribution in [-0.4, -0.2) is 12.9 Å². The lowest BCUT2D eigenvalue weighted by Crippen LogP contribution is -2.12. The fourth-order valence-electron chi connectivity index (χ4n) is 1.03. The van der Waals surface area contributed by atoms with Gasteiger partial charge in [0.25, 0.3) is 0 Å². The smallest absolute Gasteiger partial charge is 0.133 e. The fourth-order valence-corrected chi connectivity index (χ4v) is 1.44. The zero-order valence-corrected chi connectivity index (χ0v) is 8.89. The summed E-state index contributed by atoms with van der Waals surface area (Å²) in [7, 11) is 1.61. The number of benzene rings is 1. The first kappa shape index (κ1) is 10.1. The molecule has 0 saturated carbocycles. The molecule has 0 aliphatic heterocycles. The first-order chi connectivity index (χ1) is 6.13. The van der Waals surface area contributed by atoms with Gasteiger partial charge >= 0.3 is 0 Å². The highest BCUT2D eigenvalue weighted by Crippen LogP contribution is 2.25. The van der Waals surface area contributed by atoms with Gasteiger partial charge in [0.2, 0.25) is 0 Å². The lowest BCUT2D eigenvalue weighted by Gasteiger charge is -2.05. The Hall–Kier alpha value is -1.03. The molecule has 13 heavy (non-hydrogen) atoms. The number of rotatable bonds is 3. The van der Waals surface area contributed by atoms with Crippen molar-refractivity contribution in [2.75, 3.05) is 7.11 Å². The van der Waals surface area contributed by atoms with Gasteiger partial charge in [0, 0.05) is 6.42 Å². The molecule has 1 aromatic rings. The summed E-state index contributed by atoms with van der Waals surface area (Å²) in [5.74, 6) is 0.920. The van der Waals surface area contributed by atoms with Crippen molar-refractivity contribution in [1.82, 2.24) is 0 Å². The van der Waals surface area contributed by atoms with Crippen molar-refractivity contribution in [3.05, 3.63) is 28.2 Å². The number of hydrogen-bond donors (Lipinski definition) is 2. The van der Waals surface area contributed by atoms with Crippen molar-refractivity contribution < 1.29 is 4.74 Å². The molecule has 1 aromatic carbocycles. The Kier molecular flexibility index (Phi) is 3.31. The summed E-state index contributed by atoms with van der Waals surface area (Å²) in [6.45, 7) is 0. The van der Waals surface area contributed by atoms with Gasteiger partial charge in [-0.3, -0.25) is 5.41 Å². The van der Waals surface area contributed by atoms with Crippen molar-refractivity contribution in [2.45, 2.75) is 6.42 Å². The topological polar surface area (TPSA) is 59.1 Å². The molecule has 70 valence electrons. The third kappa shape index (κ3) is 2.73. The van der Waals surface area contributed by atoms with Gasteiger partial charge < -0.3 is 10.5 Å². The molecule has 0 heterocycles. The van der Waals surface area contributed by atoms with Gasteiger partial charge in [0.05, 0.1) is 17.4 Å². The quantitative estimate of drug-likeness (QED) is 0.629. The zero-order chi connectivity index (χ0) is 9.84. The third-order valence-electron chi connectivity index (χ3n) is 1.61. The molecular weight excluding hydrogens is 232 g/mol. The number of nitrogens with one attached hydrogen (secondary N) is 1. The highest BCUT2D eigenvalue weighted by Gasteiger charge is 2.01. The van der Waals surface area contributed by atoms with E-state index in [0.29, 0.717) is 6.42 Å². The minimum Gasteiger partial charge on any atom is -0.496 e. The van der Waals surface area contributed by atoms with Gasteiger partial charge in [-0.05, 0) is 33.6 Å². The Balaban J connectivity index is 2.92. The van der Waals surface area contributed by atoms with E-state index in [1.165, 1.54) is 0 Å². The molecule has 0 fully saturated rings. The maximum Gasteiger partial charge on any atom is 0.133 e. The molecule has 4 heteroatoms. The van der Waals surface area contributed by atoms with E-state index in [2.05, 4.69) is 15.9 Å². The summed E-state index contributed by atoms with van der Waals surface area (Å²) < 4.78 is 6.01. The van der Waals surface area contributed by atoms with Gasteiger partial charge in [-0.15, -0.1) is 0 Å². The molecule has 0 saturated heterocycles. The highest BCUT2D eigenvalue weighted by atomic mass is 79.9. The third-order valence-corrected chi connectivity index (χ3v) is 2.27. The first-order valence-corrected chi connectivity index (χ1v) is 4.58. The van der Waals surface area contributed by atoms with E-state index in [-0.39, 0.29) is 5.84 Å². The van der Waals surface area contributed by atoms with Crippen LogP contribution in [0.2, 0.25) is 0 Å². The number of hydrogen-bond acceptors (Lipinski definition) is 2. The maximum atomic E-state index is 7.14. The molecule has 1 rings (SSSR count). The maximum absolute atomic E-state index is 7.14. The average molecular weight is 243 g/mol. The standard InChI is InChI=1S/C9H11BrN2O/c1-13-8-4-6(5-9(11)12)2-3-7(8)10/h2-4H,5H2,1H3,(H3,11,12). The second-order valence-electron chi connectivity index (χ2n) is 2.67. The van der Waals surface area contributed by atoms with Crippen LogP contribution >= 0.6 is 15.9 Å². The van der Waals surface area contributed by atoms with Crippen molar-refractivity contribution >= 4 is 21.8 Å². The SMILES string of the molecule is COc1cc(CC(=N)N)ccc1Br. The molecule has 0 radical (unpaired) electrons. The molecule has 3 nitrogen and oxygen atoms in total. The second kappa shape index (κ2) is 4.28. The van der Waals surface area contributed by atoms with Crippen molar-refractivity contribution in [3.63, 3.8) is 0 Å². The number of ether oxygens (including phenoxy) is 1. The van der Waals surface area contributed by atoms with E-state index < -0.39 is 0 Å². The van der Waals surface area contributed by atoms with Gasteiger partial charge in [-0.25, -0.2) is 0 Å². The van der Waals surface area contributed by atoms with Crippen LogP contribution in [0.4, 0.5) is 0 Å². The molecule has 0 bridgehead atoms. The Morgan fingerprint density at radius 1 is 1.62 bits per heavy atom. The van der Waals surface area contributed by atoms with Crippen LogP contribution in [0.15, 0.2) is 22.7 Å². The zero-order valence-electron chi connectivity index (χ0n) is 7.30. The van der Waals surface area contributed by atoms with Crippen LogP contribution in [0.3, 0.4) is 0 Å². The monoisotopic (exact) mass is 242 g/mol. The van der Waals surface area contributed by atoms with Crippen molar-refractivity contribution in [2.24, 2.45) is 5.73 Å². The Morgan fingerprint density at radius 2 is 2.31 bits per heavy atom. The summed E-state index contributed by atoms with van der Waals surface area (Å²) in [4.78, 5) is 0. The minimum absolute atomic E-state index is 0.157. The lowest BCUT2D eigenvalue weighted by atomic mass is 10.1. The van der Waals surface area contributed by atoms with Crippen LogP contribution in [0.5, 0.6) is 5.75 Å². The van der Waals surface area contributed by atoms with Crippen molar-refractivity contribution in [3.8, 4) is 5.75 Å². The molecule has 0 aromatic heterocycles. The molecule has 0 unspecified atom stereocenters. The summed E-state index contributed by atoms with van der Waals surface area (Å²) >= 11 is 3.35. The minimum atomic E-state index is 0.157. The van der Waals surface area contributed by atoms with E-state index in [1.54, 1.807) is 7.11 Å². The number of methoxy groups -OCH3 is 1. The van der Waals surface area contributed by atoms with Gasteiger partial charge in [-0.1, -0.05) is 6.07 Å². The number of halogens is 1. The molecule has 0 aliphatic rings. The van der Waals surface area contributed by atoms with Crippen LogP contribution < -0.4 is 10.5 Å². The molecule has 3 N–H and O–H groups in total. The molecule has 0 amide bonds. The molecular formula is C9H11BrN2O. The van der Waals surface area contributed by atoms with Crippen molar-refractivity contribution in [1.29, 1.82) is 5.41 Å². The van der Waals surface area contributed by atoms with Crippen LogP contribution in [0.1, 0.15) is 5.56 Å². The molecule has 0 spiro atoms. The van der Waals surface area contributed by atoms with E-state index in [9.17, 15) is 0 Å².